The van der Waals surface area contributed by atoms with Gasteiger partial charge in [0.1, 0.15) is 4.90 Å². The second-order valence-corrected chi connectivity index (χ2v) is 11.6. The molecular weight excluding hydrogens is 339 g/mol. The van der Waals surface area contributed by atoms with Gasteiger partial charge in [0.05, 0.1) is 0 Å². The van der Waals surface area contributed by atoms with Gasteiger partial charge >= 0.3 is 0 Å². The average molecular weight is 368 g/mol. The molecule has 0 atom stereocenters. The minimum absolute atomic E-state index is 0.176. The average Bonchev–Trinajstić information content (AvgIpc) is 2.56. The maximum atomic E-state index is 12.0. The van der Waals surface area contributed by atoms with Gasteiger partial charge in [-0.25, -0.2) is 0 Å². The van der Waals surface area contributed by atoms with Gasteiger partial charge in [0.15, 0.2) is 0 Å². The van der Waals surface area contributed by atoms with Crippen molar-refractivity contribution in [3.8, 4) is 0 Å². The number of hydrogen-bond donors (Lipinski definition) is 1. The molecule has 3 nitrogen and oxygen atoms in total. The Bertz CT molecular complexity index is 641. The van der Waals surface area contributed by atoms with E-state index in [4.69, 9.17) is 0 Å². The van der Waals surface area contributed by atoms with Crippen molar-refractivity contribution in [2.45, 2.75) is 87.3 Å². The highest BCUT2D eigenvalue weighted by Gasteiger charge is 2.35. The van der Waals surface area contributed by atoms with Crippen molar-refractivity contribution < 1.29 is 13.0 Å². The van der Waals surface area contributed by atoms with Crippen molar-refractivity contribution >= 4 is 23.3 Å². The van der Waals surface area contributed by atoms with Crippen LogP contribution in [0.4, 0.5) is 0 Å². The molecule has 0 saturated heterocycles. The van der Waals surface area contributed by atoms with E-state index in [2.05, 4.69) is 6.07 Å². The van der Waals surface area contributed by atoms with E-state index in [1.165, 1.54) is 64.2 Å². The summed E-state index contributed by atoms with van der Waals surface area (Å²) in [5.74, 6) is 0. The molecule has 0 heterocycles. The van der Waals surface area contributed by atoms with Crippen LogP contribution in [0, 0.1) is 6.92 Å². The quantitative estimate of drug-likeness (QED) is 0.600. The Balaban J connectivity index is 2.05. The molecule has 2 aliphatic rings. The molecule has 3 rings (SSSR count). The van der Waals surface area contributed by atoms with Gasteiger partial charge in [-0.1, -0.05) is 64.1 Å². The Labute approximate surface area is 147 Å². The monoisotopic (exact) mass is 368 g/mol. The topological polar surface area (TPSA) is 54.4 Å². The lowest BCUT2D eigenvalue weighted by molar-refractivity contribution is 0.482. The Hall–Kier alpha value is -0.440. The van der Waals surface area contributed by atoms with Gasteiger partial charge in [-0.2, -0.15) is 8.42 Å². The van der Waals surface area contributed by atoms with Crippen molar-refractivity contribution in [2.75, 3.05) is 0 Å². The Morgan fingerprint density at radius 3 is 1.88 bits per heavy atom. The van der Waals surface area contributed by atoms with Crippen LogP contribution in [0.15, 0.2) is 23.1 Å². The minimum Gasteiger partial charge on any atom is -0.282 e. The van der Waals surface area contributed by atoms with Crippen LogP contribution in [-0.2, 0) is 10.1 Å². The summed E-state index contributed by atoms with van der Waals surface area (Å²) in [5.41, 5.74) is 2.34. The molecule has 24 heavy (non-hydrogen) atoms. The van der Waals surface area contributed by atoms with Crippen LogP contribution in [0.3, 0.4) is 0 Å². The fourth-order valence-electron chi connectivity index (χ4n) is 4.46. The van der Waals surface area contributed by atoms with E-state index in [9.17, 15) is 13.0 Å². The van der Waals surface area contributed by atoms with Gasteiger partial charge in [0.25, 0.3) is 10.1 Å². The molecule has 1 aromatic carbocycles. The highest BCUT2D eigenvalue weighted by atomic mass is 32.2. The molecule has 0 spiro atoms. The first-order valence-corrected chi connectivity index (χ1v) is 12.3. The molecular formula is C19H29O3PS. The molecule has 0 unspecified atom stereocenters. The minimum atomic E-state index is -4.16. The van der Waals surface area contributed by atoms with E-state index in [1.807, 2.05) is 13.0 Å². The number of rotatable bonds is 4. The third-order valence-corrected chi connectivity index (χ3v) is 10.2. The molecule has 0 aromatic heterocycles. The van der Waals surface area contributed by atoms with Crippen LogP contribution < -0.4 is 5.30 Å². The predicted molar refractivity (Wildman–Crippen MR) is 101 cm³/mol. The standard InChI is InChI=1S/C19H29O3PS/c1-15-12-13-19(24(20,21)22)18(14-15)23(16-8-4-2-5-9-16)17-10-6-3-7-11-17/h12-14,16-17H,2-11H2,1H3,(H,20,21,22). The Morgan fingerprint density at radius 1 is 0.917 bits per heavy atom. The zero-order chi connectivity index (χ0) is 17.2. The largest absolute Gasteiger partial charge is 0.295 e. The zero-order valence-corrected chi connectivity index (χ0v) is 16.3. The zero-order valence-electron chi connectivity index (χ0n) is 14.6. The fourth-order valence-corrected chi connectivity index (χ4v) is 9.59. The van der Waals surface area contributed by atoms with Crippen LogP contribution >= 0.6 is 7.92 Å². The maximum Gasteiger partial charge on any atom is 0.295 e. The molecule has 1 aromatic rings. The normalized spacial score (nSPS) is 21.3. The molecule has 0 radical (unpaired) electrons. The summed E-state index contributed by atoms with van der Waals surface area (Å²) in [6.07, 6.45) is 12.6. The third kappa shape index (κ3) is 4.20. The highest BCUT2D eigenvalue weighted by Crippen LogP contribution is 2.55. The first-order chi connectivity index (χ1) is 11.5. The molecule has 134 valence electrons. The van der Waals surface area contributed by atoms with E-state index in [0.717, 1.165) is 10.9 Å². The molecule has 5 heteroatoms. The SMILES string of the molecule is Cc1ccc(S(=O)(=O)O)c(P(C2CCCCC2)C2CCCCC2)c1. The van der Waals surface area contributed by atoms with E-state index in [0.29, 0.717) is 11.3 Å². The molecule has 2 aliphatic carbocycles. The smallest absolute Gasteiger partial charge is 0.282 e. The van der Waals surface area contributed by atoms with Gasteiger partial charge in [0, 0.05) is 0 Å². The molecule has 0 aliphatic heterocycles. The maximum absolute atomic E-state index is 12.0. The molecule has 0 bridgehead atoms. The molecule has 1 N–H and O–H groups in total. The number of hydrogen-bond acceptors (Lipinski definition) is 2. The molecule has 2 saturated carbocycles. The van der Waals surface area contributed by atoms with Crippen LogP contribution in [0.5, 0.6) is 0 Å². The second-order valence-electron chi connectivity index (χ2n) is 7.44. The summed E-state index contributed by atoms with van der Waals surface area (Å²) in [6.45, 7) is 2.02. The summed E-state index contributed by atoms with van der Waals surface area (Å²) >= 11 is 0. The van der Waals surface area contributed by atoms with Crippen LogP contribution in [0.2, 0.25) is 0 Å². The number of benzene rings is 1. The molecule has 0 amide bonds. The fraction of sp³-hybridized carbons (Fsp3) is 0.684. The number of aryl methyl sites for hydroxylation is 1. The van der Waals surface area contributed by atoms with Crippen molar-refractivity contribution in [1.29, 1.82) is 0 Å². The summed E-state index contributed by atoms with van der Waals surface area (Å²) in [5, 5.41) is 0.950. The van der Waals surface area contributed by atoms with Crippen LogP contribution in [0.25, 0.3) is 0 Å². The second kappa shape index (κ2) is 7.85. The van der Waals surface area contributed by atoms with Crippen LogP contribution in [-0.4, -0.2) is 24.3 Å². The summed E-state index contributed by atoms with van der Waals surface area (Å²) in [6, 6.07) is 5.49. The lowest BCUT2D eigenvalue weighted by Crippen LogP contribution is -2.29. The van der Waals surface area contributed by atoms with Crippen molar-refractivity contribution in [3.05, 3.63) is 23.8 Å². The van der Waals surface area contributed by atoms with Crippen molar-refractivity contribution in [3.63, 3.8) is 0 Å². The lowest BCUT2D eigenvalue weighted by Gasteiger charge is -2.39. The van der Waals surface area contributed by atoms with Gasteiger partial charge in [0.2, 0.25) is 0 Å². The van der Waals surface area contributed by atoms with Crippen molar-refractivity contribution in [2.24, 2.45) is 0 Å². The van der Waals surface area contributed by atoms with Crippen molar-refractivity contribution in [1.82, 2.24) is 0 Å². The van der Waals surface area contributed by atoms with Gasteiger partial charge in [-0.05, 0) is 55.3 Å². The summed E-state index contributed by atoms with van der Waals surface area (Å²) in [4.78, 5) is 0.176. The van der Waals surface area contributed by atoms with E-state index in [1.54, 1.807) is 6.07 Å². The first-order valence-electron chi connectivity index (χ1n) is 9.33. The lowest BCUT2D eigenvalue weighted by atomic mass is 9.99. The highest BCUT2D eigenvalue weighted by molar-refractivity contribution is 7.86. The van der Waals surface area contributed by atoms with E-state index in [-0.39, 0.29) is 4.90 Å². The van der Waals surface area contributed by atoms with Gasteiger partial charge in [-0.3, -0.25) is 4.55 Å². The summed E-state index contributed by atoms with van der Waals surface area (Å²) in [7, 11) is -4.69. The van der Waals surface area contributed by atoms with Crippen LogP contribution in [0.1, 0.15) is 69.8 Å². The Kier molecular flexibility index (Phi) is 6.00. The van der Waals surface area contributed by atoms with E-state index >= 15 is 0 Å². The Morgan fingerprint density at radius 2 is 1.42 bits per heavy atom. The first kappa shape index (κ1) is 18.4. The predicted octanol–water partition coefficient (Wildman–Crippen LogP) is 5.01. The summed E-state index contributed by atoms with van der Waals surface area (Å²) < 4.78 is 33.8. The van der Waals surface area contributed by atoms with E-state index < -0.39 is 18.0 Å². The van der Waals surface area contributed by atoms with Gasteiger partial charge in [-0.15, -0.1) is 0 Å². The van der Waals surface area contributed by atoms with Gasteiger partial charge < -0.3 is 0 Å². The molecule has 2 fully saturated rings. The third-order valence-electron chi connectivity index (χ3n) is 5.61.